The molecule has 5 nitrogen and oxygen atoms in total. The van der Waals surface area contributed by atoms with E-state index in [1.165, 1.54) is 0 Å². The highest BCUT2D eigenvalue weighted by Gasteiger charge is 2.09. The molecule has 2 amide bonds. The maximum absolute atomic E-state index is 12.1. The normalized spacial score (nSPS) is 10.4. The number of ether oxygens (including phenoxy) is 2. The van der Waals surface area contributed by atoms with Crippen molar-refractivity contribution < 1.29 is 14.3 Å². The van der Waals surface area contributed by atoms with Gasteiger partial charge in [0.25, 0.3) is 0 Å². The Kier molecular flexibility index (Phi) is 8.17. The maximum Gasteiger partial charge on any atom is 0.319 e. The molecule has 0 bridgehead atoms. The molecule has 2 N–H and O–H groups in total. The van der Waals surface area contributed by atoms with Crippen LogP contribution in [0.25, 0.3) is 0 Å². The fourth-order valence-corrected chi connectivity index (χ4v) is 3.43. The topological polar surface area (TPSA) is 59.6 Å². The van der Waals surface area contributed by atoms with Gasteiger partial charge < -0.3 is 20.1 Å². The quantitative estimate of drug-likeness (QED) is 0.301. The Bertz CT molecular complexity index is 1170. The van der Waals surface area contributed by atoms with Crippen LogP contribution in [0, 0.1) is 0 Å². The summed E-state index contributed by atoms with van der Waals surface area (Å²) in [6, 6.07) is 35.2. The minimum Gasteiger partial charge on any atom is -0.485 e. The molecule has 0 saturated carbocycles. The highest BCUT2D eigenvalue weighted by molar-refractivity contribution is 5.89. The summed E-state index contributed by atoms with van der Waals surface area (Å²) in [5.74, 6) is 1.38. The lowest BCUT2D eigenvalue weighted by molar-refractivity contribution is 0.252. The van der Waals surface area contributed by atoms with E-state index >= 15 is 0 Å². The predicted molar refractivity (Wildman–Crippen MR) is 135 cm³/mol. The molecule has 0 radical (unpaired) electrons. The van der Waals surface area contributed by atoms with Crippen molar-refractivity contribution in [3.05, 3.63) is 126 Å². The lowest BCUT2D eigenvalue weighted by Crippen LogP contribution is -2.30. The zero-order valence-corrected chi connectivity index (χ0v) is 18.9. The number of rotatable bonds is 10. The number of anilines is 1. The number of benzene rings is 4. The van der Waals surface area contributed by atoms with Gasteiger partial charge in [0.2, 0.25) is 0 Å². The van der Waals surface area contributed by atoms with E-state index in [0.717, 1.165) is 22.4 Å². The summed E-state index contributed by atoms with van der Waals surface area (Å²) in [4.78, 5) is 12.1. The van der Waals surface area contributed by atoms with Gasteiger partial charge in [-0.1, -0.05) is 84.9 Å². The third-order valence-corrected chi connectivity index (χ3v) is 5.21. The molecule has 5 heteroatoms. The summed E-state index contributed by atoms with van der Waals surface area (Å²) in [6.07, 6.45) is 0.670. The fraction of sp³-hybridized carbons (Fsp3) is 0.138. The summed E-state index contributed by atoms with van der Waals surface area (Å²) in [5.41, 5.74) is 3.99. The summed E-state index contributed by atoms with van der Waals surface area (Å²) in [6.45, 7) is 1.41. The highest BCUT2D eigenvalue weighted by Crippen LogP contribution is 2.30. The molecule has 0 atom stereocenters. The van der Waals surface area contributed by atoms with Gasteiger partial charge in [0.05, 0.1) is 0 Å². The molecule has 0 fully saturated rings. The number of hydrogen-bond acceptors (Lipinski definition) is 3. The van der Waals surface area contributed by atoms with Crippen LogP contribution in [0.4, 0.5) is 10.5 Å². The van der Waals surface area contributed by atoms with Gasteiger partial charge in [-0.05, 0) is 47.4 Å². The molecule has 4 aromatic rings. The average Bonchev–Trinajstić information content (AvgIpc) is 2.88. The van der Waals surface area contributed by atoms with Crippen LogP contribution in [0.3, 0.4) is 0 Å². The van der Waals surface area contributed by atoms with Crippen LogP contribution in [0.5, 0.6) is 11.5 Å². The molecule has 0 aromatic heterocycles. The smallest absolute Gasteiger partial charge is 0.319 e. The Labute approximate surface area is 200 Å². The molecule has 0 aliphatic carbocycles. The second-order valence-electron chi connectivity index (χ2n) is 7.83. The van der Waals surface area contributed by atoms with Gasteiger partial charge >= 0.3 is 6.03 Å². The summed E-state index contributed by atoms with van der Waals surface area (Å²) < 4.78 is 12.2. The van der Waals surface area contributed by atoms with Crippen LogP contribution >= 0.6 is 0 Å². The second-order valence-corrected chi connectivity index (χ2v) is 7.83. The van der Waals surface area contributed by atoms with Crippen molar-refractivity contribution in [1.29, 1.82) is 0 Å². The minimum atomic E-state index is -0.227. The number of carbonyl (C=O) groups excluding carboxylic acids is 1. The van der Waals surface area contributed by atoms with Crippen LogP contribution in [0.15, 0.2) is 109 Å². The summed E-state index contributed by atoms with van der Waals surface area (Å²) in [7, 11) is 0. The van der Waals surface area contributed by atoms with Crippen molar-refractivity contribution >= 4 is 11.7 Å². The molecule has 0 heterocycles. The van der Waals surface area contributed by atoms with E-state index in [0.29, 0.717) is 37.7 Å². The molecule has 0 spiro atoms. The third-order valence-electron chi connectivity index (χ3n) is 5.21. The monoisotopic (exact) mass is 452 g/mol. The van der Waals surface area contributed by atoms with Crippen molar-refractivity contribution in [2.75, 3.05) is 11.9 Å². The van der Waals surface area contributed by atoms with Gasteiger partial charge in [-0.25, -0.2) is 4.79 Å². The van der Waals surface area contributed by atoms with Crippen molar-refractivity contribution in [3.8, 4) is 11.5 Å². The molecule has 0 aliphatic heterocycles. The second kappa shape index (κ2) is 12.1. The van der Waals surface area contributed by atoms with Crippen molar-refractivity contribution in [1.82, 2.24) is 5.32 Å². The predicted octanol–water partition coefficient (Wildman–Crippen LogP) is 6.21. The van der Waals surface area contributed by atoms with Gasteiger partial charge in [0.15, 0.2) is 11.5 Å². The minimum absolute atomic E-state index is 0.227. The largest absolute Gasteiger partial charge is 0.485 e. The summed E-state index contributed by atoms with van der Waals surface area (Å²) >= 11 is 0. The van der Waals surface area contributed by atoms with Crippen LogP contribution in [-0.2, 0) is 19.6 Å². The number of amides is 2. The van der Waals surface area contributed by atoms with Gasteiger partial charge in [0.1, 0.15) is 13.2 Å². The molecule has 172 valence electrons. The average molecular weight is 453 g/mol. The molecule has 34 heavy (non-hydrogen) atoms. The van der Waals surface area contributed by atoms with Gasteiger partial charge in [-0.2, -0.15) is 0 Å². The van der Waals surface area contributed by atoms with E-state index in [1.807, 2.05) is 109 Å². The van der Waals surface area contributed by atoms with E-state index < -0.39 is 0 Å². The van der Waals surface area contributed by atoms with Crippen LogP contribution in [0.2, 0.25) is 0 Å². The van der Waals surface area contributed by atoms with Gasteiger partial charge in [0, 0.05) is 12.2 Å². The van der Waals surface area contributed by atoms with Gasteiger partial charge in [-0.15, -0.1) is 0 Å². The Hall–Kier alpha value is -4.25. The van der Waals surface area contributed by atoms with Crippen LogP contribution in [0.1, 0.15) is 16.7 Å². The molecule has 0 aliphatic rings. The number of hydrogen-bond donors (Lipinski definition) is 2. The lowest BCUT2D eigenvalue weighted by atomic mass is 10.1. The highest BCUT2D eigenvalue weighted by atomic mass is 16.5. The van der Waals surface area contributed by atoms with Crippen molar-refractivity contribution in [2.24, 2.45) is 0 Å². The zero-order valence-electron chi connectivity index (χ0n) is 18.9. The zero-order chi connectivity index (χ0) is 23.4. The molecular weight excluding hydrogens is 424 g/mol. The first-order valence-electron chi connectivity index (χ1n) is 11.3. The van der Waals surface area contributed by atoms with Crippen molar-refractivity contribution in [3.63, 3.8) is 0 Å². The standard InChI is InChI=1S/C29H28N2O3/c32-29(31-26-14-8-3-9-15-26)30-19-18-23-16-17-27(33-21-24-10-4-1-5-11-24)28(20-23)34-22-25-12-6-2-7-13-25/h1-17,20H,18-19,21-22H2,(H2,30,31,32). The Morgan fingerprint density at radius 3 is 1.79 bits per heavy atom. The van der Waals surface area contributed by atoms with E-state index in [-0.39, 0.29) is 6.03 Å². The first kappa shape index (κ1) is 22.9. The molecule has 4 rings (SSSR count). The van der Waals surface area contributed by atoms with E-state index in [4.69, 9.17) is 9.47 Å². The van der Waals surface area contributed by atoms with Crippen LogP contribution < -0.4 is 20.1 Å². The number of para-hydroxylation sites is 1. The first-order chi connectivity index (χ1) is 16.8. The summed E-state index contributed by atoms with van der Waals surface area (Å²) in [5, 5.41) is 5.72. The van der Waals surface area contributed by atoms with E-state index in [2.05, 4.69) is 10.6 Å². The maximum atomic E-state index is 12.1. The molecule has 0 saturated heterocycles. The van der Waals surface area contributed by atoms with Gasteiger partial charge in [-0.3, -0.25) is 0 Å². The molecule has 4 aromatic carbocycles. The Morgan fingerprint density at radius 2 is 1.18 bits per heavy atom. The fourth-order valence-electron chi connectivity index (χ4n) is 3.43. The van der Waals surface area contributed by atoms with E-state index in [9.17, 15) is 4.79 Å². The first-order valence-corrected chi connectivity index (χ1v) is 11.3. The van der Waals surface area contributed by atoms with Crippen molar-refractivity contribution in [2.45, 2.75) is 19.6 Å². The lowest BCUT2D eigenvalue weighted by Gasteiger charge is -2.15. The number of carbonyl (C=O) groups is 1. The third kappa shape index (κ3) is 7.14. The molecule has 0 unspecified atom stereocenters. The number of urea groups is 1. The van der Waals surface area contributed by atoms with Crippen LogP contribution in [-0.4, -0.2) is 12.6 Å². The Balaban J connectivity index is 1.37. The SMILES string of the molecule is O=C(NCCc1ccc(OCc2ccccc2)c(OCc2ccccc2)c1)Nc1ccccc1. The number of nitrogens with one attached hydrogen (secondary N) is 2. The van der Waals surface area contributed by atoms with E-state index in [1.54, 1.807) is 0 Å². The molecular formula is C29H28N2O3. The Morgan fingerprint density at radius 1 is 0.618 bits per heavy atom.